The van der Waals surface area contributed by atoms with Crippen molar-refractivity contribution in [2.75, 3.05) is 44.2 Å². The number of aliphatic hydroxyl groups is 1. The van der Waals surface area contributed by atoms with E-state index in [9.17, 15) is 9.90 Å². The summed E-state index contributed by atoms with van der Waals surface area (Å²) in [7, 11) is 0. The highest BCUT2D eigenvalue weighted by atomic mass is 16.3. The minimum absolute atomic E-state index is 0.0325. The first kappa shape index (κ1) is 18.2. The highest BCUT2D eigenvalue weighted by Gasteiger charge is 2.38. The van der Waals surface area contributed by atoms with Gasteiger partial charge < -0.3 is 14.9 Å². The minimum Gasteiger partial charge on any atom is -0.388 e. The lowest BCUT2D eigenvalue weighted by molar-refractivity contribution is -0.137. The molecule has 2 aliphatic rings. The Labute approximate surface area is 151 Å². The molecule has 1 amide bonds. The Morgan fingerprint density at radius 1 is 1.12 bits per heavy atom. The van der Waals surface area contributed by atoms with Crippen molar-refractivity contribution >= 4 is 11.6 Å². The van der Waals surface area contributed by atoms with Crippen LogP contribution in [0.25, 0.3) is 0 Å². The molecule has 2 saturated heterocycles. The highest BCUT2D eigenvalue weighted by Crippen LogP contribution is 2.27. The highest BCUT2D eigenvalue weighted by molar-refractivity contribution is 5.77. The fourth-order valence-electron chi connectivity index (χ4n) is 4.07. The molecule has 1 aromatic carbocycles. The van der Waals surface area contributed by atoms with E-state index in [0.29, 0.717) is 6.42 Å². The molecule has 2 fully saturated rings. The molecule has 138 valence electrons. The summed E-state index contributed by atoms with van der Waals surface area (Å²) in [6.07, 6.45) is 2.46. The lowest BCUT2D eigenvalue weighted by atomic mass is 9.96. The predicted molar refractivity (Wildman–Crippen MR) is 101 cm³/mol. The third-order valence-corrected chi connectivity index (χ3v) is 5.52. The maximum absolute atomic E-state index is 12.6. The number of hydrogen-bond acceptors (Lipinski definition) is 4. The van der Waals surface area contributed by atoms with E-state index in [1.807, 2.05) is 24.8 Å². The summed E-state index contributed by atoms with van der Waals surface area (Å²) in [6, 6.07) is 10.5. The number of hydrogen-bond donors (Lipinski definition) is 1. The summed E-state index contributed by atoms with van der Waals surface area (Å²) in [6.45, 7) is 9.24. The Kier molecular flexibility index (Phi) is 5.64. The molecule has 2 heterocycles. The Bertz CT molecular complexity index is 562. The van der Waals surface area contributed by atoms with Gasteiger partial charge in [-0.3, -0.25) is 9.69 Å². The number of anilines is 1. The number of piperazine rings is 1. The molecule has 1 N–H and O–H groups in total. The average molecular weight is 345 g/mol. The molecule has 3 rings (SSSR count). The Hall–Kier alpha value is -1.59. The molecule has 25 heavy (non-hydrogen) atoms. The van der Waals surface area contributed by atoms with Gasteiger partial charge in [0.15, 0.2) is 0 Å². The van der Waals surface area contributed by atoms with Crippen LogP contribution in [0.4, 0.5) is 5.69 Å². The topological polar surface area (TPSA) is 47.0 Å². The van der Waals surface area contributed by atoms with Gasteiger partial charge >= 0.3 is 0 Å². The van der Waals surface area contributed by atoms with Crippen LogP contribution in [-0.4, -0.2) is 71.7 Å². The molecular weight excluding hydrogens is 314 g/mol. The first-order valence-corrected chi connectivity index (χ1v) is 9.49. The summed E-state index contributed by atoms with van der Waals surface area (Å²) >= 11 is 0. The van der Waals surface area contributed by atoms with Gasteiger partial charge in [-0.15, -0.1) is 0 Å². The maximum Gasteiger partial charge on any atom is 0.224 e. The molecule has 0 aromatic heterocycles. The van der Waals surface area contributed by atoms with Gasteiger partial charge in [-0.2, -0.15) is 0 Å². The predicted octanol–water partition coefficient (Wildman–Crippen LogP) is 1.96. The molecule has 1 unspecified atom stereocenters. The number of para-hydroxylation sites is 1. The van der Waals surface area contributed by atoms with E-state index in [2.05, 4.69) is 34.1 Å². The number of carbonyl (C=O) groups excluding carboxylic acids is 1. The first-order valence-electron chi connectivity index (χ1n) is 9.49. The molecule has 0 radical (unpaired) electrons. The molecule has 0 bridgehead atoms. The van der Waals surface area contributed by atoms with Crippen molar-refractivity contribution in [3.05, 3.63) is 30.3 Å². The summed E-state index contributed by atoms with van der Waals surface area (Å²) in [5.74, 6) is 0.190. The molecule has 5 heteroatoms. The quantitative estimate of drug-likeness (QED) is 0.886. The molecule has 5 nitrogen and oxygen atoms in total. The van der Waals surface area contributed by atoms with Crippen LogP contribution in [0.2, 0.25) is 0 Å². The van der Waals surface area contributed by atoms with Crippen LogP contribution in [0.3, 0.4) is 0 Å². The summed E-state index contributed by atoms with van der Waals surface area (Å²) in [5, 5.41) is 10.3. The van der Waals surface area contributed by atoms with E-state index in [0.717, 1.165) is 52.1 Å². The smallest absolute Gasteiger partial charge is 0.224 e. The second-order valence-corrected chi connectivity index (χ2v) is 7.81. The lowest BCUT2D eigenvalue weighted by Crippen LogP contribution is -2.50. The third kappa shape index (κ3) is 4.53. The van der Waals surface area contributed by atoms with E-state index in [4.69, 9.17) is 0 Å². The van der Waals surface area contributed by atoms with Gasteiger partial charge in [-0.25, -0.2) is 0 Å². The molecule has 0 spiro atoms. The number of nitrogens with zero attached hydrogens (tertiary/aromatic N) is 3. The molecule has 1 aromatic rings. The van der Waals surface area contributed by atoms with Crippen LogP contribution in [0.15, 0.2) is 30.3 Å². The fourth-order valence-corrected chi connectivity index (χ4v) is 4.07. The Morgan fingerprint density at radius 2 is 1.80 bits per heavy atom. The zero-order valence-corrected chi connectivity index (χ0v) is 15.5. The van der Waals surface area contributed by atoms with E-state index in [-0.39, 0.29) is 11.9 Å². The van der Waals surface area contributed by atoms with E-state index >= 15 is 0 Å². The van der Waals surface area contributed by atoms with Crippen LogP contribution in [0.1, 0.15) is 33.1 Å². The number of carbonyl (C=O) groups is 1. The monoisotopic (exact) mass is 345 g/mol. The molecule has 2 aliphatic heterocycles. The Morgan fingerprint density at radius 3 is 2.44 bits per heavy atom. The first-order chi connectivity index (χ1) is 11.9. The van der Waals surface area contributed by atoms with Gasteiger partial charge in [0.25, 0.3) is 0 Å². The summed E-state index contributed by atoms with van der Waals surface area (Å²) < 4.78 is 0. The number of rotatable bonds is 5. The average Bonchev–Trinajstić information content (AvgIpc) is 3.11. The molecule has 1 atom stereocenters. The molecule has 0 saturated carbocycles. The van der Waals surface area contributed by atoms with E-state index < -0.39 is 5.60 Å². The van der Waals surface area contributed by atoms with Gasteiger partial charge in [-0.05, 0) is 38.8 Å². The van der Waals surface area contributed by atoms with Crippen LogP contribution >= 0.6 is 0 Å². The lowest BCUT2D eigenvalue weighted by Gasteiger charge is -2.37. The normalized spacial score (nSPS) is 22.4. The van der Waals surface area contributed by atoms with Crippen LogP contribution in [-0.2, 0) is 4.79 Å². The van der Waals surface area contributed by atoms with Gasteiger partial charge in [0, 0.05) is 51.4 Å². The van der Waals surface area contributed by atoms with E-state index in [1.54, 1.807) is 0 Å². The van der Waals surface area contributed by atoms with Crippen molar-refractivity contribution in [2.45, 2.75) is 44.8 Å². The second kappa shape index (κ2) is 7.75. The minimum atomic E-state index is -0.812. The standard InChI is InChI=1S/C20H31N3O2/c1-20(2,25)18-9-6-11-23(18)19(24)10-12-21-13-15-22(16-14-21)17-7-4-3-5-8-17/h3-5,7-8,18,25H,6,9-16H2,1-2H3. The van der Waals surface area contributed by atoms with Crippen molar-refractivity contribution in [1.29, 1.82) is 0 Å². The van der Waals surface area contributed by atoms with Crippen LogP contribution < -0.4 is 4.90 Å². The van der Waals surface area contributed by atoms with Crippen molar-refractivity contribution in [3.8, 4) is 0 Å². The fraction of sp³-hybridized carbons (Fsp3) is 0.650. The summed E-state index contributed by atoms with van der Waals surface area (Å²) in [5.41, 5.74) is 0.469. The Balaban J connectivity index is 1.45. The van der Waals surface area contributed by atoms with Crippen molar-refractivity contribution < 1.29 is 9.90 Å². The second-order valence-electron chi connectivity index (χ2n) is 7.81. The van der Waals surface area contributed by atoms with Crippen molar-refractivity contribution in [1.82, 2.24) is 9.80 Å². The number of amides is 1. The summed E-state index contributed by atoms with van der Waals surface area (Å²) in [4.78, 5) is 19.3. The SMILES string of the molecule is CC(C)(O)C1CCCN1C(=O)CCN1CCN(c2ccccc2)CC1. The van der Waals surface area contributed by atoms with Gasteiger partial charge in [0.2, 0.25) is 5.91 Å². The van der Waals surface area contributed by atoms with Gasteiger partial charge in [-0.1, -0.05) is 18.2 Å². The number of benzene rings is 1. The third-order valence-electron chi connectivity index (χ3n) is 5.52. The van der Waals surface area contributed by atoms with Gasteiger partial charge in [0.1, 0.15) is 0 Å². The zero-order valence-electron chi connectivity index (χ0n) is 15.5. The zero-order chi connectivity index (χ0) is 17.9. The molecule has 0 aliphatic carbocycles. The van der Waals surface area contributed by atoms with Crippen molar-refractivity contribution in [3.63, 3.8) is 0 Å². The van der Waals surface area contributed by atoms with Crippen LogP contribution in [0.5, 0.6) is 0 Å². The molecular formula is C20H31N3O2. The van der Waals surface area contributed by atoms with E-state index in [1.165, 1.54) is 5.69 Å². The number of likely N-dealkylation sites (tertiary alicyclic amines) is 1. The maximum atomic E-state index is 12.6. The van der Waals surface area contributed by atoms with Crippen LogP contribution in [0, 0.1) is 0 Å². The van der Waals surface area contributed by atoms with Gasteiger partial charge in [0.05, 0.1) is 11.6 Å². The largest absolute Gasteiger partial charge is 0.388 e. The van der Waals surface area contributed by atoms with Crippen molar-refractivity contribution in [2.24, 2.45) is 0 Å².